The first-order valence-corrected chi connectivity index (χ1v) is 14.3. The Morgan fingerprint density at radius 2 is 1.89 bits per heavy atom. The van der Waals surface area contributed by atoms with E-state index in [0.29, 0.717) is 45.6 Å². The van der Waals surface area contributed by atoms with Gasteiger partial charge in [0.05, 0.1) is 26.6 Å². The van der Waals surface area contributed by atoms with Crippen LogP contribution < -0.4 is 9.47 Å². The lowest BCUT2D eigenvalue weighted by Crippen LogP contribution is -2.17. The second kappa shape index (κ2) is 12.2. The number of ether oxygens (including phenoxy) is 3. The summed E-state index contributed by atoms with van der Waals surface area (Å²) in [5.41, 5.74) is 2.71. The van der Waals surface area contributed by atoms with Crippen LogP contribution in [0.15, 0.2) is 60.8 Å². The van der Waals surface area contributed by atoms with E-state index in [1.165, 1.54) is 25.4 Å². The molecule has 0 spiro atoms. The fraction of sp³-hybridized carbons (Fsp3) is 0.281. The molecule has 0 unspecified atom stereocenters. The van der Waals surface area contributed by atoms with E-state index in [9.17, 15) is 9.18 Å². The molecule has 1 fully saturated rings. The van der Waals surface area contributed by atoms with Crippen molar-refractivity contribution in [3.05, 3.63) is 94.3 Å². The standard InChI is InChI=1S/C32H28ClF2N5O4/c1-42-27-15-21(33)5-4-20(27)16-44-31-36-12-9-24(39-31)22-6-3-19(13-23(22)35)14-28-37-25-7-8-26(30(41)43-2)38-29(25)40(28)18-32(17-34)10-11-32/h3-9,12-13,15H,10-11,14,16-18H2,1-2H3. The highest BCUT2D eigenvalue weighted by molar-refractivity contribution is 6.30. The summed E-state index contributed by atoms with van der Waals surface area (Å²) in [6.45, 7) is 0.0228. The van der Waals surface area contributed by atoms with Gasteiger partial charge in [-0.15, -0.1) is 0 Å². The first-order chi connectivity index (χ1) is 21.3. The molecule has 12 heteroatoms. The molecular weight excluding hydrogens is 592 g/mol. The molecule has 1 saturated carbocycles. The highest BCUT2D eigenvalue weighted by Crippen LogP contribution is 2.48. The Bertz CT molecular complexity index is 1860. The molecule has 0 atom stereocenters. The SMILES string of the molecule is COC(=O)c1ccc2nc(Cc3ccc(-c4ccnc(OCc5ccc(Cl)cc5OC)n4)c(F)c3)n(CC3(CF)CC3)c2n1. The van der Waals surface area contributed by atoms with Crippen LogP contribution >= 0.6 is 11.6 Å². The maximum absolute atomic E-state index is 15.5. The number of carbonyl (C=O) groups excluding carboxylic acids is 1. The molecule has 226 valence electrons. The lowest BCUT2D eigenvalue weighted by atomic mass is 10.1. The van der Waals surface area contributed by atoms with E-state index in [1.54, 1.807) is 49.6 Å². The number of carbonyl (C=O) groups is 1. The Hall–Kier alpha value is -4.64. The summed E-state index contributed by atoms with van der Waals surface area (Å²) in [4.78, 5) is 29.9. The minimum Gasteiger partial charge on any atom is -0.496 e. The van der Waals surface area contributed by atoms with E-state index >= 15 is 4.39 Å². The van der Waals surface area contributed by atoms with Gasteiger partial charge in [-0.1, -0.05) is 23.7 Å². The van der Waals surface area contributed by atoms with Gasteiger partial charge in [-0.05, 0) is 60.9 Å². The van der Waals surface area contributed by atoms with Crippen molar-refractivity contribution in [2.45, 2.75) is 32.4 Å². The highest BCUT2D eigenvalue weighted by Gasteiger charge is 2.44. The van der Waals surface area contributed by atoms with E-state index in [-0.39, 0.29) is 30.3 Å². The van der Waals surface area contributed by atoms with Gasteiger partial charge >= 0.3 is 12.0 Å². The van der Waals surface area contributed by atoms with Crippen molar-refractivity contribution in [2.24, 2.45) is 5.41 Å². The molecule has 0 bridgehead atoms. The van der Waals surface area contributed by atoms with Crippen molar-refractivity contribution in [2.75, 3.05) is 20.9 Å². The number of nitrogens with zero attached hydrogens (tertiary/aromatic N) is 5. The van der Waals surface area contributed by atoms with Gasteiger partial charge in [0.15, 0.2) is 11.3 Å². The second-order valence-corrected chi connectivity index (χ2v) is 11.2. The topological polar surface area (TPSA) is 101 Å². The fourth-order valence-corrected chi connectivity index (χ4v) is 5.18. The molecule has 44 heavy (non-hydrogen) atoms. The number of methoxy groups -OCH3 is 2. The number of hydrogen-bond donors (Lipinski definition) is 0. The average Bonchev–Trinajstić information content (AvgIpc) is 3.75. The zero-order chi connectivity index (χ0) is 30.8. The Morgan fingerprint density at radius 3 is 2.61 bits per heavy atom. The zero-order valence-corrected chi connectivity index (χ0v) is 24.8. The molecule has 5 aromatic rings. The molecule has 0 aliphatic heterocycles. The lowest BCUT2D eigenvalue weighted by Gasteiger charge is -2.15. The van der Waals surface area contributed by atoms with E-state index in [1.807, 2.05) is 4.57 Å². The molecule has 2 aromatic carbocycles. The zero-order valence-electron chi connectivity index (χ0n) is 24.0. The fourth-order valence-electron chi connectivity index (χ4n) is 5.01. The Balaban J connectivity index is 1.25. The highest BCUT2D eigenvalue weighted by atomic mass is 35.5. The van der Waals surface area contributed by atoms with Crippen LogP contribution in [0, 0.1) is 11.2 Å². The number of alkyl halides is 1. The summed E-state index contributed by atoms with van der Waals surface area (Å²) in [6.07, 6.45) is 3.27. The summed E-state index contributed by atoms with van der Waals surface area (Å²) in [5.74, 6) is 0.105. The third-order valence-electron chi connectivity index (χ3n) is 7.71. The quantitative estimate of drug-likeness (QED) is 0.157. The Morgan fingerprint density at radius 1 is 1.05 bits per heavy atom. The molecule has 0 amide bonds. The van der Waals surface area contributed by atoms with Crippen molar-refractivity contribution in [3.8, 4) is 23.0 Å². The molecule has 3 heterocycles. The minimum atomic E-state index is -0.575. The number of pyridine rings is 1. The molecule has 0 radical (unpaired) electrons. The number of imidazole rings is 1. The molecule has 1 aliphatic carbocycles. The first-order valence-electron chi connectivity index (χ1n) is 13.9. The van der Waals surface area contributed by atoms with Crippen LogP contribution in [0.2, 0.25) is 5.02 Å². The molecule has 0 N–H and O–H groups in total. The van der Waals surface area contributed by atoms with Gasteiger partial charge in [0.1, 0.15) is 29.5 Å². The predicted molar refractivity (Wildman–Crippen MR) is 159 cm³/mol. The lowest BCUT2D eigenvalue weighted by molar-refractivity contribution is 0.0594. The number of hydrogen-bond acceptors (Lipinski definition) is 8. The van der Waals surface area contributed by atoms with Gasteiger partial charge in [0, 0.05) is 40.7 Å². The molecular formula is C32H28ClF2N5O4. The van der Waals surface area contributed by atoms with Gasteiger partial charge in [0.2, 0.25) is 0 Å². The van der Waals surface area contributed by atoms with Gasteiger partial charge < -0.3 is 18.8 Å². The monoisotopic (exact) mass is 619 g/mol. The number of halogens is 3. The summed E-state index contributed by atoms with van der Waals surface area (Å²) in [6, 6.07) is 15.0. The van der Waals surface area contributed by atoms with Crippen LogP contribution in [0.1, 0.15) is 40.3 Å². The third-order valence-corrected chi connectivity index (χ3v) is 7.95. The van der Waals surface area contributed by atoms with Crippen molar-refractivity contribution >= 4 is 28.7 Å². The summed E-state index contributed by atoms with van der Waals surface area (Å²) < 4.78 is 47.2. The third kappa shape index (κ3) is 6.05. The van der Waals surface area contributed by atoms with Crippen LogP contribution in [0.4, 0.5) is 8.78 Å². The molecule has 3 aromatic heterocycles. The Kier molecular flexibility index (Phi) is 8.13. The molecule has 1 aliphatic rings. The first kappa shape index (κ1) is 29.4. The minimum absolute atomic E-state index is 0.0809. The number of benzene rings is 2. The van der Waals surface area contributed by atoms with Gasteiger partial charge in [-0.25, -0.2) is 24.1 Å². The number of esters is 1. The number of fused-ring (bicyclic) bond motifs is 1. The summed E-state index contributed by atoms with van der Waals surface area (Å²) in [7, 11) is 2.82. The summed E-state index contributed by atoms with van der Waals surface area (Å²) in [5, 5.41) is 0.538. The van der Waals surface area contributed by atoms with E-state index < -0.39 is 23.9 Å². The van der Waals surface area contributed by atoms with E-state index in [2.05, 4.69) is 15.0 Å². The van der Waals surface area contributed by atoms with Crippen LogP contribution in [-0.2, 0) is 24.3 Å². The van der Waals surface area contributed by atoms with Crippen LogP contribution in [-0.4, -0.2) is 51.4 Å². The summed E-state index contributed by atoms with van der Waals surface area (Å²) >= 11 is 6.04. The van der Waals surface area contributed by atoms with Gasteiger partial charge in [-0.2, -0.15) is 4.98 Å². The maximum atomic E-state index is 15.5. The second-order valence-electron chi connectivity index (χ2n) is 10.7. The largest absolute Gasteiger partial charge is 0.496 e. The normalized spacial score (nSPS) is 13.6. The van der Waals surface area contributed by atoms with Crippen LogP contribution in [0.5, 0.6) is 11.8 Å². The van der Waals surface area contributed by atoms with E-state index in [4.69, 9.17) is 30.8 Å². The molecule has 6 rings (SSSR count). The number of aromatic nitrogens is 5. The number of rotatable bonds is 11. The predicted octanol–water partition coefficient (Wildman–Crippen LogP) is 6.40. The van der Waals surface area contributed by atoms with Crippen LogP contribution in [0.25, 0.3) is 22.4 Å². The smallest absolute Gasteiger partial charge is 0.356 e. The maximum Gasteiger partial charge on any atom is 0.356 e. The Labute approximate surface area is 256 Å². The average molecular weight is 620 g/mol. The van der Waals surface area contributed by atoms with Crippen molar-refractivity contribution in [1.82, 2.24) is 24.5 Å². The van der Waals surface area contributed by atoms with Crippen molar-refractivity contribution in [3.63, 3.8) is 0 Å². The van der Waals surface area contributed by atoms with Crippen molar-refractivity contribution in [1.29, 1.82) is 0 Å². The van der Waals surface area contributed by atoms with E-state index in [0.717, 1.165) is 18.4 Å². The van der Waals surface area contributed by atoms with Crippen molar-refractivity contribution < 1.29 is 27.8 Å². The molecule has 9 nitrogen and oxygen atoms in total. The van der Waals surface area contributed by atoms with Crippen LogP contribution in [0.3, 0.4) is 0 Å². The van der Waals surface area contributed by atoms with Gasteiger partial charge in [0.25, 0.3) is 0 Å². The molecule has 0 saturated heterocycles. The van der Waals surface area contributed by atoms with Gasteiger partial charge in [-0.3, -0.25) is 4.39 Å².